The fourth-order valence-electron chi connectivity index (χ4n) is 2.55. The molecule has 0 saturated heterocycles. The van der Waals surface area contributed by atoms with Gasteiger partial charge in [-0.1, -0.05) is 38.1 Å². The smallest absolute Gasteiger partial charge is 0.312 e. The summed E-state index contributed by atoms with van der Waals surface area (Å²) < 4.78 is 0. The molecule has 0 aromatic heterocycles. The maximum atomic E-state index is 12.2. The molecule has 0 bridgehead atoms. The van der Waals surface area contributed by atoms with Crippen molar-refractivity contribution in [1.82, 2.24) is 10.6 Å². The number of amides is 3. The Balaban J connectivity index is 2.57. The third-order valence-electron chi connectivity index (χ3n) is 4.19. The number of nitrogens with two attached hydrogens (primary N) is 1. The molecule has 0 radical (unpaired) electrons. The van der Waals surface area contributed by atoms with E-state index in [9.17, 15) is 9.59 Å². The van der Waals surface area contributed by atoms with E-state index in [1.165, 1.54) is 10.5 Å². The van der Waals surface area contributed by atoms with Crippen LogP contribution in [0.25, 0.3) is 0 Å². The number of carbonyl (C=O) groups is 2. The van der Waals surface area contributed by atoms with E-state index in [0.29, 0.717) is 6.54 Å². The molecule has 6 nitrogen and oxygen atoms in total. The molecule has 24 heavy (non-hydrogen) atoms. The normalized spacial score (nSPS) is 12.2. The monoisotopic (exact) mass is 335 g/mol. The number of hydrogen-bond donors (Lipinski definition) is 4. The first-order valence-electron chi connectivity index (χ1n) is 8.62. The lowest BCUT2D eigenvalue weighted by atomic mass is 10.0. The molecule has 134 valence electrons. The number of rotatable bonds is 9. The van der Waals surface area contributed by atoms with Gasteiger partial charge < -0.3 is 21.3 Å². The van der Waals surface area contributed by atoms with Crippen LogP contribution in [-0.4, -0.2) is 31.1 Å². The molecule has 1 aromatic rings. The number of hydrogen-bond acceptors (Lipinski definition) is 2. The van der Waals surface area contributed by atoms with E-state index in [1.54, 1.807) is 0 Å². The van der Waals surface area contributed by atoms with Crippen LogP contribution in [0.3, 0.4) is 0 Å². The highest BCUT2D eigenvalue weighted by molar-refractivity contribution is 5.86. The summed E-state index contributed by atoms with van der Waals surface area (Å²) in [5.74, 6) is -0.252. The molecule has 0 aliphatic rings. The molecule has 1 atom stereocenters. The van der Waals surface area contributed by atoms with E-state index in [0.717, 1.165) is 25.2 Å². The molecule has 0 saturated carbocycles. The van der Waals surface area contributed by atoms with Crippen LogP contribution in [0.1, 0.15) is 38.8 Å². The summed E-state index contributed by atoms with van der Waals surface area (Å²) >= 11 is 0. The van der Waals surface area contributed by atoms with Crippen LogP contribution >= 0.6 is 0 Å². The second-order valence-corrected chi connectivity index (χ2v) is 6.40. The molecule has 0 aliphatic heterocycles. The Bertz CT molecular complexity index is 524. The minimum Gasteiger partial charge on any atom is -0.352 e. The largest absolute Gasteiger partial charge is 0.352 e. The van der Waals surface area contributed by atoms with Crippen molar-refractivity contribution in [1.29, 1.82) is 0 Å². The van der Waals surface area contributed by atoms with Gasteiger partial charge >= 0.3 is 6.03 Å². The zero-order valence-electron chi connectivity index (χ0n) is 15.2. The lowest BCUT2D eigenvalue weighted by Crippen LogP contribution is -3.10. The molecule has 5 N–H and O–H groups in total. The first-order valence-corrected chi connectivity index (χ1v) is 8.62. The summed E-state index contributed by atoms with van der Waals surface area (Å²) in [7, 11) is 0. The van der Waals surface area contributed by atoms with Gasteiger partial charge in [-0.2, -0.15) is 0 Å². The maximum absolute atomic E-state index is 12.2. The van der Waals surface area contributed by atoms with Gasteiger partial charge in [-0.05, 0) is 25.3 Å². The molecule has 6 heteroatoms. The van der Waals surface area contributed by atoms with E-state index in [-0.39, 0.29) is 11.8 Å². The van der Waals surface area contributed by atoms with Crippen molar-refractivity contribution >= 4 is 11.9 Å². The SMILES string of the molecule is CC[NH+](CC)Cc1ccc(CNC(=O)[C@@H](NC(N)=O)C(C)C)cc1. The van der Waals surface area contributed by atoms with Gasteiger partial charge in [-0.15, -0.1) is 0 Å². The Kier molecular flexibility index (Phi) is 8.26. The highest BCUT2D eigenvalue weighted by Crippen LogP contribution is 2.05. The van der Waals surface area contributed by atoms with Gasteiger partial charge in [0.15, 0.2) is 0 Å². The predicted octanol–water partition coefficient (Wildman–Crippen LogP) is 0.420. The molecule has 1 aromatic carbocycles. The van der Waals surface area contributed by atoms with Crippen LogP contribution in [-0.2, 0) is 17.9 Å². The Morgan fingerprint density at radius 2 is 1.62 bits per heavy atom. The molecule has 0 spiro atoms. The lowest BCUT2D eigenvalue weighted by Gasteiger charge is -2.20. The third kappa shape index (κ3) is 6.58. The van der Waals surface area contributed by atoms with E-state index < -0.39 is 12.1 Å². The fourth-order valence-corrected chi connectivity index (χ4v) is 2.55. The van der Waals surface area contributed by atoms with Gasteiger partial charge in [0.1, 0.15) is 12.6 Å². The van der Waals surface area contributed by atoms with Gasteiger partial charge in [0.2, 0.25) is 5.91 Å². The van der Waals surface area contributed by atoms with Gasteiger partial charge in [0, 0.05) is 12.1 Å². The molecular weight excluding hydrogens is 304 g/mol. The third-order valence-corrected chi connectivity index (χ3v) is 4.19. The van der Waals surface area contributed by atoms with Crippen LogP contribution in [0.15, 0.2) is 24.3 Å². The molecule has 0 unspecified atom stereocenters. The molecule has 0 fully saturated rings. The Morgan fingerprint density at radius 1 is 1.08 bits per heavy atom. The van der Waals surface area contributed by atoms with Crippen LogP contribution < -0.4 is 21.3 Å². The van der Waals surface area contributed by atoms with Crippen molar-refractivity contribution in [2.24, 2.45) is 11.7 Å². The second kappa shape index (κ2) is 9.93. The lowest BCUT2D eigenvalue weighted by molar-refractivity contribution is -0.910. The average molecular weight is 335 g/mol. The van der Waals surface area contributed by atoms with E-state index in [4.69, 9.17) is 5.73 Å². The number of benzene rings is 1. The summed E-state index contributed by atoms with van der Waals surface area (Å²) in [6.07, 6.45) is 0. The minimum absolute atomic E-state index is 0.0306. The van der Waals surface area contributed by atoms with E-state index in [1.807, 2.05) is 26.0 Å². The summed E-state index contributed by atoms with van der Waals surface area (Å²) in [5.41, 5.74) is 7.45. The first-order chi connectivity index (χ1) is 11.4. The number of primary amides is 1. The summed E-state index contributed by atoms with van der Waals surface area (Å²) in [5, 5.41) is 5.34. The van der Waals surface area contributed by atoms with Crippen LogP contribution in [0.4, 0.5) is 4.79 Å². The first kappa shape index (κ1) is 20.0. The Hall–Kier alpha value is -2.08. The molecular formula is C18H31N4O2+. The number of quaternary nitrogens is 1. The predicted molar refractivity (Wildman–Crippen MR) is 95.4 cm³/mol. The standard InChI is InChI=1S/C18H30N4O2/c1-5-22(6-2)12-15-9-7-14(8-10-15)11-20-17(23)16(13(3)4)21-18(19)24/h7-10,13,16H,5-6,11-12H2,1-4H3,(H,20,23)(H3,19,21,24)/p+1/t16-/m0/s1. The van der Waals surface area contributed by atoms with Gasteiger partial charge in [-0.3, -0.25) is 4.79 Å². The number of urea groups is 1. The van der Waals surface area contributed by atoms with Crippen LogP contribution in [0.5, 0.6) is 0 Å². The summed E-state index contributed by atoms with van der Waals surface area (Å²) in [6, 6.07) is 6.97. The van der Waals surface area contributed by atoms with Crippen LogP contribution in [0.2, 0.25) is 0 Å². The number of nitrogens with one attached hydrogen (secondary N) is 3. The van der Waals surface area contributed by atoms with E-state index in [2.05, 4.69) is 36.6 Å². The second-order valence-electron chi connectivity index (χ2n) is 6.40. The number of carbonyl (C=O) groups excluding carboxylic acids is 2. The van der Waals surface area contributed by atoms with Crippen molar-refractivity contribution in [2.45, 2.75) is 46.8 Å². The summed E-state index contributed by atoms with van der Waals surface area (Å²) in [6.45, 7) is 11.8. The average Bonchev–Trinajstić information content (AvgIpc) is 2.56. The molecule has 3 amide bonds. The summed E-state index contributed by atoms with van der Waals surface area (Å²) in [4.78, 5) is 24.7. The zero-order chi connectivity index (χ0) is 18.1. The maximum Gasteiger partial charge on any atom is 0.312 e. The molecule has 0 heterocycles. The van der Waals surface area contributed by atoms with Gasteiger partial charge in [0.25, 0.3) is 0 Å². The topological polar surface area (TPSA) is 88.7 Å². The Morgan fingerprint density at radius 3 is 2.08 bits per heavy atom. The van der Waals surface area contributed by atoms with Crippen molar-refractivity contribution in [3.8, 4) is 0 Å². The quantitative estimate of drug-likeness (QED) is 0.527. The Labute approximate surface area is 144 Å². The van der Waals surface area contributed by atoms with Crippen LogP contribution in [0, 0.1) is 5.92 Å². The van der Waals surface area contributed by atoms with Crippen molar-refractivity contribution in [3.63, 3.8) is 0 Å². The van der Waals surface area contributed by atoms with Crippen molar-refractivity contribution < 1.29 is 14.5 Å². The fraction of sp³-hybridized carbons (Fsp3) is 0.556. The van der Waals surface area contributed by atoms with Gasteiger partial charge in [-0.25, -0.2) is 4.79 Å². The van der Waals surface area contributed by atoms with Crippen molar-refractivity contribution in [2.75, 3.05) is 13.1 Å². The molecule has 1 rings (SSSR count). The van der Waals surface area contributed by atoms with Gasteiger partial charge in [0.05, 0.1) is 13.1 Å². The van der Waals surface area contributed by atoms with Crippen molar-refractivity contribution in [3.05, 3.63) is 35.4 Å². The van der Waals surface area contributed by atoms with E-state index >= 15 is 0 Å². The highest BCUT2D eigenvalue weighted by atomic mass is 16.2. The minimum atomic E-state index is -0.688. The zero-order valence-corrected chi connectivity index (χ0v) is 15.2. The highest BCUT2D eigenvalue weighted by Gasteiger charge is 2.22. The molecule has 0 aliphatic carbocycles.